The van der Waals surface area contributed by atoms with Crippen LogP contribution in [0.3, 0.4) is 0 Å². The maximum absolute atomic E-state index is 12.6. The summed E-state index contributed by atoms with van der Waals surface area (Å²) in [5, 5.41) is 12.6. The first-order valence-corrected chi connectivity index (χ1v) is 7.73. The SMILES string of the molecule is COC(=O)Oc1cccc2c(=O)n(N=Cc3ccc(C(=O)O)cc3)c(=O)oc12. The topological polar surface area (TPSA) is 137 Å². The highest BCUT2D eigenvalue weighted by atomic mass is 16.7. The van der Waals surface area contributed by atoms with Gasteiger partial charge in [-0.1, -0.05) is 18.2 Å². The number of para-hydroxylation sites is 1. The lowest BCUT2D eigenvalue weighted by molar-refractivity contribution is 0.0696. The average molecular weight is 384 g/mol. The van der Waals surface area contributed by atoms with Gasteiger partial charge in [-0.25, -0.2) is 14.4 Å². The van der Waals surface area contributed by atoms with Crippen LogP contribution in [0.25, 0.3) is 11.0 Å². The molecular formula is C18H12N2O8. The van der Waals surface area contributed by atoms with Gasteiger partial charge >= 0.3 is 17.9 Å². The van der Waals surface area contributed by atoms with E-state index in [1.807, 2.05) is 0 Å². The fourth-order valence-electron chi connectivity index (χ4n) is 2.26. The Balaban J connectivity index is 2.03. The van der Waals surface area contributed by atoms with E-state index in [4.69, 9.17) is 14.3 Å². The zero-order valence-electron chi connectivity index (χ0n) is 14.3. The van der Waals surface area contributed by atoms with Gasteiger partial charge in [0, 0.05) is 0 Å². The fraction of sp³-hybridized carbons (Fsp3) is 0.0556. The van der Waals surface area contributed by atoms with E-state index in [2.05, 4.69) is 9.84 Å². The Kier molecular flexibility index (Phi) is 5.03. The van der Waals surface area contributed by atoms with Crippen LogP contribution < -0.4 is 16.1 Å². The Morgan fingerprint density at radius 2 is 1.86 bits per heavy atom. The van der Waals surface area contributed by atoms with Gasteiger partial charge in [-0.15, -0.1) is 4.68 Å². The van der Waals surface area contributed by atoms with E-state index in [0.717, 1.165) is 7.11 Å². The first-order chi connectivity index (χ1) is 13.4. The molecule has 142 valence electrons. The molecular weight excluding hydrogens is 372 g/mol. The van der Waals surface area contributed by atoms with Gasteiger partial charge in [-0.05, 0) is 29.8 Å². The maximum atomic E-state index is 12.6. The van der Waals surface area contributed by atoms with E-state index in [9.17, 15) is 19.2 Å². The number of carbonyl (C=O) groups excluding carboxylic acids is 1. The van der Waals surface area contributed by atoms with Crippen molar-refractivity contribution in [3.63, 3.8) is 0 Å². The molecule has 10 heteroatoms. The van der Waals surface area contributed by atoms with Crippen molar-refractivity contribution in [2.24, 2.45) is 5.10 Å². The molecule has 0 amide bonds. The number of hydrogen-bond acceptors (Lipinski definition) is 8. The number of nitrogens with zero attached hydrogens (tertiary/aromatic N) is 2. The second-order valence-corrected chi connectivity index (χ2v) is 5.35. The Hall–Kier alpha value is -4.21. The van der Waals surface area contributed by atoms with Crippen LogP contribution in [0.2, 0.25) is 0 Å². The normalized spacial score (nSPS) is 10.9. The van der Waals surface area contributed by atoms with Gasteiger partial charge in [0.2, 0.25) is 0 Å². The molecule has 3 rings (SSSR count). The van der Waals surface area contributed by atoms with Crippen molar-refractivity contribution in [3.05, 3.63) is 74.5 Å². The zero-order chi connectivity index (χ0) is 20.3. The zero-order valence-corrected chi connectivity index (χ0v) is 14.3. The van der Waals surface area contributed by atoms with Crippen LogP contribution in [0.5, 0.6) is 5.75 Å². The minimum absolute atomic E-state index is 0.0422. The number of hydrogen-bond donors (Lipinski definition) is 1. The molecule has 0 atom stereocenters. The van der Waals surface area contributed by atoms with Crippen molar-refractivity contribution < 1.29 is 28.6 Å². The Morgan fingerprint density at radius 3 is 2.50 bits per heavy atom. The molecule has 2 aromatic carbocycles. The minimum atomic E-state index is -1.10. The smallest absolute Gasteiger partial charge is 0.478 e. The molecule has 28 heavy (non-hydrogen) atoms. The number of ether oxygens (including phenoxy) is 2. The Morgan fingerprint density at radius 1 is 1.14 bits per heavy atom. The summed E-state index contributed by atoms with van der Waals surface area (Å²) in [5.74, 6) is -2.34. The first kappa shape index (κ1) is 18.6. The molecule has 0 spiro atoms. The average Bonchev–Trinajstić information content (AvgIpc) is 2.68. The van der Waals surface area contributed by atoms with Gasteiger partial charge in [0.25, 0.3) is 5.56 Å². The molecule has 0 saturated heterocycles. The monoisotopic (exact) mass is 384 g/mol. The van der Waals surface area contributed by atoms with Crippen molar-refractivity contribution in [2.75, 3.05) is 7.11 Å². The third kappa shape index (κ3) is 3.65. The number of carboxylic acids is 1. The number of carboxylic acid groups (broad SMARTS) is 1. The standard InChI is InChI=1S/C18H12N2O8/c1-26-18(25)27-13-4-2-3-12-14(13)28-17(24)20(15(12)21)19-9-10-5-7-11(8-6-10)16(22)23/h2-9H,1H3,(H,22,23). The van der Waals surface area contributed by atoms with Crippen molar-refractivity contribution in [2.45, 2.75) is 0 Å². The minimum Gasteiger partial charge on any atom is -0.478 e. The molecule has 0 saturated carbocycles. The molecule has 1 heterocycles. The summed E-state index contributed by atoms with van der Waals surface area (Å²) in [6, 6.07) is 9.77. The van der Waals surface area contributed by atoms with Crippen molar-refractivity contribution in [3.8, 4) is 5.75 Å². The van der Waals surface area contributed by atoms with Crippen LogP contribution in [-0.2, 0) is 4.74 Å². The van der Waals surface area contributed by atoms with E-state index in [1.54, 1.807) is 0 Å². The quantitative estimate of drug-likeness (QED) is 0.407. The molecule has 10 nitrogen and oxygen atoms in total. The van der Waals surface area contributed by atoms with Crippen LogP contribution in [0.1, 0.15) is 15.9 Å². The molecule has 0 aliphatic carbocycles. The highest BCUT2D eigenvalue weighted by Gasteiger charge is 2.15. The maximum Gasteiger partial charge on any atom is 0.513 e. The molecule has 1 N–H and O–H groups in total. The molecule has 0 aliphatic heterocycles. The second kappa shape index (κ2) is 7.58. The predicted molar refractivity (Wildman–Crippen MR) is 96.2 cm³/mol. The fourth-order valence-corrected chi connectivity index (χ4v) is 2.26. The van der Waals surface area contributed by atoms with E-state index in [0.29, 0.717) is 10.2 Å². The summed E-state index contributed by atoms with van der Waals surface area (Å²) in [7, 11) is 1.11. The van der Waals surface area contributed by atoms with E-state index in [1.165, 1.54) is 48.7 Å². The number of aromatic nitrogens is 1. The van der Waals surface area contributed by atoms with Crippen molar-refractivity contribution in [1.29, 1.82) is 0 Å². The largest absolute Gasteiger partial charge is 0.513 e. The van der Waals surface area contributed by atoms with Crippen LogP contribution >= 0.6 is 0 Å². The van der Waals surface area contributed by atoms with Gasteiger partial charge in [-0.2, -0.15) is 5.10 Å². The number of fused-ring (bicyclic) bond motifs is 1. The Labute approximate surface area is 155 Å². The Bertz CT molecular complexity index is 1200. The summed E-state index contributed by atoms with van der Waals surface area (Å²) < 4.78 is 14.8. The highest BCUT2D eigenvalue weighted by Crippen LogP contribution is 2.22. The number of benzene rings is 2. The van der Waals surface area contributed by atoms with Crippen molar-refractivity contribution >= 4 is 29.3 Å². The molecule has 3 aromatic rings. The van der Waals surface area contributed by atoms with Crippen LogP contribution in [0.15, 0.2) is 61.6 Å². The lowest BCUT2D eigenvalue weighted by Crippen LogP contribution is -2.29. The number of methoxy groups -OCH3 is 1. The highest BCUT2D eigenvalue weighted by molar-refractivity contribution is 5.89. The molecule has 0 aliphatic rings. The van der Waals surface area contributed by atoms with Gasteiger partial charge < -0.3 is 19.0 Å². The van der Waals surface area contributed by atoms with Gasteiger partial charge in [-0.3, -0.25) is 4.79 Å². The van der Waals surface area contributed by atoms with Crippen LogP contribution in [0.4, 0.5) is 4.79 Å². The third-order valence-electron chi connectivity index (χ3n) is 3.60. The van der Waals surface area contributed by atoms with Crippen LogP contribution in [-0.4, -0.2) is 35.2 Å². The second-order valence-electron chi connectivity index (χ2n) is 5.35. The summed E-state index contributed by atoms with van der Waals surface area (Å²) in [4.78, 5) is 46.8. The first-order valence-electron chi connectivity index (χ1n) is 7.73. The predicted octanol–water partition coefficient (Wildman–Crippen LogP) is 1.68. The van der Waals surface area contributed by atoms with E-state index >= 15 is 0 Å². The summed E-state index contributed by atoms with van der Waals surface area (Å²) in [6.45, 7) is 0. The molecule has 0 fully saturated rings. The lowest BCUT2D eigenvalue weighted by Gasteiger charge is -2.05. The number of rotatable bonds is 4. The summed E-state index contributed by atoms with van der Waals surface area (Å²) >= 11 is 0. The van der Waals surface area contributed by atoms with Crippen molar-refractivity contribution in [1.82, 2.24) is 4.68 Å². The molecule has 0 unspecified atom stereocenters. The third-order valence-corrected chi connectivity index (χ3v) is 3.60. The summed E-state index contributed by atoms with van der Waals surface area (Å²) in [6.07, 6.45) is 0.159. The lowest BCUT2D eigenvalue weighted by atomic mass is 10.1. The molecule has 0 bridgehead atoms. The molecule has 1 aromatic heterocycles. The number of aromatic carboxylic acids is 1. The van der Waals surface area contributed by atoms with Gasteiger partial charge in [0.1, 0.15) is 0 Å². The van der Waals surface area contributed by atoms with E-state index in [-0.39, 0.29) is 22.3 Å². The molecule has 0 radical (unpaired) electrons. The van der Waals surface area contributed by atoms with Gasteiger partial charge in [0.15, 0.2) is 11.3 Å². The summed E-state index contributed by atoms with van der Waals surface area (Å²) in [5.41, 5.74) is -0.475. The number of carbonyl (C=O) groups is 2. The van der Waals surface area contributed by atoms with E-state index < -0.39 is 23.4 Å². The van der Waals surface area contributed by atoms with Gasteiger partial charge in [0.05, 0.1) is 24.3 Å². The van der Waals surface area contributed by atoms with Crippen LogP contribution in [0, 0.1) is 0 Å².